The van der Waals surface area contributed by atoms with E-state index in [-0.39, 0.29) is 10.7 Å². The van der Waals surface area contributed by atoms with Gasteiger partial charge in [0.1, 0.15) is 5.75 Å². The van der Waals surface area contributed by atoms with Crippen molar-refractivity contribution in [1.29, 1.82) is 0 Å². The molecule has 0 saturated heterocycles. The quantitative estimate of drug-likeness (QED) is 0.815. The molecule has 0 aliphatic heterocycles. The molecule has 0 amide bonds. The number of hydrogen-bond acceptors (Lipinski definition) is 3. The van der Waals surface area contributed by atoms with E-state index in [9.17, 15) is 13.2 Å². The third-order valence-electron chi connectivity index (χ3n) is 3.60. The van der Waals surface area contributed by atoms with Crippen LogP contribution in [0.25, 0.3) is 0 Å². The number of rotatable bonds is 4. The Labute approximate surface area is 125 Å². The van der Waals surface area contributed by atoms with Crippen molar-refractivity contribution in [2.24, 2.45) is 0 Å². The summed E-state index contributed by atoms with van der Waals surface area (Å²) in [6.45, 7) is 5.58. The average molecular weight is 302 g/mol. The molecule has 0 atom stereocenters. The minimum atomic E-state index is -3.61. The molecule has 2 aromatic carbocycles. The number of benzene rings is 2. The number of sulfone groups is 1. The number of hydrogen-bond donors (Lipinski definition) is 0. The molecule has 0 saturated carbocycles. The predicted octanol–water partition coefficient (Wildman–Crippen LogP) is 3.27. The highest BCUT2D eigenvalue weighted by atomic mass is 32.2. The Morgan fingerprint density at radius 2 is 1.57 bits per heavy atom. The SMILES string of the molecule is Cc1ccc(S(=O)(=O)CC(=O)c2ccccc2C)cc1C. The molecule has 0 spiro atoms. The maximum Gasteiger partial charge on any atom is 0.185 e. The van der Waals surface area contributed by atoms with Gasteiger partial charge in [-0.2, -0.15) is 0 Å². The minimum absolute atomic E-state index is 0.201. The maximum absolute atomic E-state index is 12.4. The van der Waals surface area contributed by atoms with Crippen LogP contribution in [-0.4, -0.2) is 20.0 Å². The van der Waals surface area contributed by atoms with Crippen LogP contribution in [-0.2, 0) is 9.84 Å². The second-order valence-electron chi connectivity index (χ2n) is 5.24. The Balaban J connectivity index is 2.31. The van der Waals surface area contributed by atoms with Gasteiger partial charge in [0.05, 0.1) is 4.90 Å². The van der Waals surface area contributed by atoms with Crippen molar-refractivity contribution in [2.75, 3.05) is 5.75 Å². The zero-order valence-corrected chi connectivity index (χ0v) is 13.2. The normalized spacial score (nSPS) is 11.4. The average Bonchev–Trinajstić information content (AvgIpc) is 2.41. The molecular formula is C17H18O3S. The van der Waals surface area contributed by atoms with Gasteiger partial charge in [-0.15, -0.1) is 0 Å². The van der Waals surface area contributed by atoms with Crippen LogP contribution in [0, 0.1) is 20.8 Å². The number of Topliss-reactive ketones (excluding diaryl/α,β-unsaturated/α-hetero) is 1. The van der Waals surface area contributed by atoms with E-state index in [1.807, 2.05) is 19.9 Å². The number of carbonyl (C=O) groups excluding carboxylic acids is 1. The summed E-state index contributed by atoms with van der Waals surface area (Å²) in [5.74, 6) is -0.869. The molecule has 3 nitrogen and oxygen atoms in total. The van der Waals surface area contributed by atoms with Crippen LogP contribution in [0.5, 0.6) is 0 Å². The van der Waals surface area contributed by atoms with E-state index in [0.29, 0.717) is 5.56 Å². The summed E-state index contributed by atoms with van der Waals surface area (Å²) in [6.07, 6.45) is 0. The fourth-order valence-electron chi connectivity index (χ4n) is 2.13. The minimum Gasteiger partial charge on any atom is -0.293 e. The number of ketones is 1. The van der Waals surface area contributed by atoms with Crippen molar-refractivity contribution in [2.45, 2.75) is 25.7 Å². The summed E-state index contributed by atoms with van der Waals surface area (Å²) in [7, 11) is -3.61. The van der Waals surface area contributed by atoms with E-state index in [0.717, 1.165) is 16.7 Å². The zero-order chi connectivity index (χ0) is 15.6. The molecule has 110 valence electrons. The van der Waals surface area contributed by atoms with Gasteiger partial charge in [0.25, 0.3) is 0 Å². The third kappa shape index (κ3) is 3.39. The highest BCUT2D eigenvalue weighted by molar-refractivity contribution is 7.92. The fourth-order valence-corrected chi connectivity index (χ4v) is 3.43. The largest absolute Gasteiger partial charge is 0.293 e. The second-order valence-corrected chi connectivity index (χ2v) is 7.23. The molecule has 0 aliphatic rings. The number of carbonyl (C=O) groups is 1. The Morgan fingerprint density at radius 3 is 2.19 bits per heavy atom. The molecular weight excluding hydrogens is 284 g/mol. The Bertz CT molecular complexity index is 789. The summed E-state index contributed by atoms with van der Waals surface area (Å²) in [4.78, 5) is 12.4. The van der Waals surface area contributed by atoms with Crippen molar-refractivity contribution in [3.63, 3.8) is 0 Å². The molecule has 0 N–H and O–H groups in total. The van der Waals surface area contributed by atoms with Gasteiger partial charge in [-0.1, -0.05) is 30.3 Å². The summed E-state index contributed by atoms with van der Waals surface area (Å²) < 4.78 is 24.7. The van der Waals surface area contributed by atoms with E-state index in [1.54, 1.807) is 43.3 Å². The molecule has 0 unspecified atom stereocenters. The summed E-state index contributed by atoms with van der Waals surface area (Å²) >= 11 is 0. The Morgan fingerprint density at radius 1 is 0.905 bits per heavy atom. The lowest BCUT2D eigenvalue weighted by Crippen LogP contribution is -2.17. The molecule has 2 rings (SSSR count). The maximum atomic E-state index is 12.4. The van der Waals surface area contributed by atoms with E-state index in [1.165, 1.54) is 0 Å². The lowest BCUT2D eigenvalue weighted by Gasteiger charge is -2.08. The van der Waals surface area contributed by atoms with Gasteiger partial charge in [-0.25, -0.2) is 8.42 Å². The molecule has 0 aliphatic carbocycles. The summed E-state index contributed by atoms with van der Waals surface area (Å²) in [5.41, 5.74) is 3.18. The molecule has 0 radical (unpaired) electrons. The van der Waals surface area contributed by atoms with Gasteiger partial charge >= 0.3 is 0 Å². The first kappa shape index (κ1) is 15.4. The van der Waals surface area contributed by atoms with Crippen LogP contribution >= 0.6 is 0 Å². The highest BCUT2D eigenvalue weighted by Crippen LogP contribution is 2.18. The van der Waals surface area contributed by atoms with Crippen LogP contribution in [0.2, 0.25) is 0 Å². The van der Waals surface area contributed by atoms with Gasteiger partial charge in [0.2, 0.25) is 0 Å². The van der Waals surface area contributed by atoms with Gasteiger partial charge in [0.15, 0.2) is 15.6 Å². The molecule has 0 aromatic heterocycles. The first-order chi connectivity index (χ1) is 9.81. The highest BCUT2D eigenvalue weighted by Gasteiger charge is 2.21. The standard InChI is InChI=1S/C17H18O3S/c1-12-8-9-15(10-14(12)3)21(19,20)11-17(18)16-7-5-4-6-13(16)2/h4-10H,11H2,1-3H3. The molecule has 21 heavy (non-hydrogen) atoms. The zero-order valence-electron chi connectivity index (χ0n) is 12.4. The molecule has 0 heterocycles. The topological polar surface area (TPSA) is 51.2 Å². The Kier molecular flexibility index (Phi) is 4.28. The summed E-state index contributed by atoms with van der Waals surface area (Å²) in [6, 6.07) is 12.0. The lowest BCUT2D eigenvalue weighted by molar-refractivity contribution is 0.102. The van der Waals surface area contributed by atoms with Crippen molar-refractivity contribution in [3.8, 4) is 0 Å². The predicted molar refractivity (Wildman–Crippen MR) is 83.5 cm³/mol. The monoisotopic (exact) mass is 302 g/mol. The molecule has 2 aromatic rings. The van der Waals surface area contributed by atoms with Crippen LogP contribution in [0.1, 0.15) is 27.0 Å². The van der Waals surface area contributed by atoms with E-state index in [4.69, 9.17) is 0 Å². The van der Waals surface area contributed by atoms with Crippen LogP contribution < -0.4 is 0 Å². The fraction of sp³-hybridized carbons (Fsp3) is 0.235. The first-order valence-corrected chi connectivity index (χ1v) is 8.35. The third-order valence-corrected chi connectivity index (χ3v) is 5.22. The Hall–Kier alpha value is -1.94. The van der Waals surface area contributed by atoms with E-state index in [2.05, 4.69) is 0 Å². The van der Waals surface area contributed by atoms with Crippen LogP contribution in [0.4, 0.5) is 0 Å². The van der Waals surface area contributed by atoms with Crippen molar-refractivity contribution >= 4 is 15.6 Å². The van der Waals surface area contributed by atoms with Crippen molar-refractivity contribution in [3.05, 3.63) is 64.7 Å². The second kappa shape index (κ2) is 5.82. The van der Waals surface area contributed by atoms with Crippen LogP contribution in [0.3, 0.4) is 0 Å². The van der Waals surface area contributed by atoms with Gasteiger partial charge in [0, 0.05) is 5.56 Å². The van der Waals surface area contributed by atoms with Crippen molar-refractivity contribution in [1.82, 2.24) is 0 Å². The van der Waals surface area contributed by atoms with Gasteiger partial charge in [-0.3, -0.25) is 4.79 Å². The summed E-state index contributed by atoms with van der Waals surface area (Å²) in [5, 5.41) is 0. The van der Waals surface area contributed by atoms with Crippen LogP contribution in [0.15, 0.2) is 47.4 Å². The number of aryl methyl sites for hydroxylation is 3. The molecule has 4 heteroatoms. The lowest BCUT2D eigenvalue weighted by atomic mass is 10.1. The molecule has 0 fully saturated rings. The van der Waals surface area contributed by atoms with Gasteiger partial charge < -0.3 is 0 Å². The van der Waals surface area contributed by atoms with Gasteiger partial charge in [-0.05, 0) is 49.6 Å². The van der Waals surface area contributed by atoms with Crippen molar-refractivity contribution < 1.29 is 13.2 Å². The smallest absolute Gasteiger partial charge is 0.185 e. The van der Waals surface area contributed by atoms with E-state index < -0.39 is 15.6 Å². The first-order valence-electron chi connectivity index (χ1n) is 6.70. The van der Waals surface area contributed by atoms with E-state index >= 15 is 0 Å². The molecule has 0 bridgehead atoms.